The molecule has 2 aromatic heterocycles. The van der Waals surface area contributed by atoms with Gasteiger partial charge in [-0.2, -0.15) is 5.10 Å². The molecule has 3 aromatic carbocycles. The topological polar surface area (TPSA) is 102 Å². The molecule has 8 nitrogen and oxygen atoms in total. The molecule has 0 fully saturated rings. The van der Waals surface area contributed by atoms with E-state index in [1.165, 1.54) is 0 Å². The summed E-state index contributed by atoms with van der Waals surface area (Å²) < 4.78 is 11.7. The van der Waals surface area contributed by atoms with Crippen molar-refractivity contribution in [1.82, 2.24) is 20.2 Å². The van der Waals surface area contributed by atoms with E-state index in [2.05, 4.69) is 25.5 Å². The predicted molar refractivity (Wildman–Crippen MR) is 141 cm³/mol. The lowest BCUT2D eigenvalue weighted by Crippen LogP contribution is -2.13. The molecule has 0 aliphatic heterocycles. The van der Waals surface area contributed by atoms with Crippen LogP contribution < -0.4 is 14.8 Å². The molecule has 0 saturated carbocycles. The summed E-state index contributed by atoms with van der Waals surface area (Å²) in [5.41, 5.74) is 3.62. The summed E-state index contributed by atoms with van der Waals surface area (Å²) in [5, 5.41) is 10.3. The number of para-hydroxylation sites is 1. The Morgan fingerprint density at radius 2 is 1.76 bits per heavy atom. The molecule has 5 rings (SSSR count). The monoisotopic (exact) mass is 491 g/mol. The zero-order valence-corrected chi connectivity index (χ0v) is 20.2. The summed E-state index contributed by atoms with van der Waals surface area (Å²) in [4.78, 5) is 21.9. The Balaban J connectivity index is 1.35. The van der Waals surface area contributed by atoms with Gasteiger partial charge in [-0.1, -0.05) is 48.5 Å². The van der Waals surface area contributed by atoms with E-state index in [0.29, 0.717) is 47.6 Å². The SMILES string of the molecule is CCOc1cc(C(=O)Nc2ccccc2-c2nc(-c3ccccc3)n[nH]2)ccc1OCc1cccnc1. The van der Waals surface area contributed by atoms with Crippen molar-refractivity contribution in [1.29, 1.82) is 0 Å². The number of anilines is 1. The van der Waals surface area contributed by atoms with Gasteiger partial charge in [0.25, 0.3) is 5.91 Å². The Bertz CT molecular complexity index is 1490. The quantitative estimate of drug-likeness (QED) is 0.272. The van der Waals surface area contributed by atoms with Crippen LogP contribution in [0.3, 0.4) is 0 Å². The molecule has 37 heavy (non-hydrogen) atoms. The van der Waals surface area contributed by atoms with E-state index in [-0.39, 0.29) is 5.91 Å². The standard InChI is InChI=1S/C29H25N5O3/c1-2-36-26-17-22(14-15-25(26)37-19-20-9-8-16-30-18-20)29(35)31-24-13-7-6-12-23(24)28-32-27(33-34-28)21-10-4-3-5-11-21/h3-18H,2,19H2,1H3,(H,31,35)(H,32,33,34). The average Bonchev–Trinajstić information content (AvgIpc) is 3.44. The number of nitrogens with one attached hydrogen (secondary N) is 2. The fraction of sp³-hybridized carbons (Fsp3) is 0.103. The molecule has 2 N–H and O–H groups in total. The molecule has 0 spiro atoms. The zero-order valence-electron chi connectivity index (χ0n) is 20.2. The maximum absolute atomic E-state index is 13.2. The van der Waals surface area contributed by atoms with E-state index in [4.69, 9.17) is 9.47 Å². The summed E-state index contributed by atoms with van der Waals surface area (Å²) in [6, 6.07) is 26.1. The zero-order chi connectivity index (χ0) is 25.5. The maximum atomic E-state index is 13.2. The normalized spacial score (nSPS) is 10.6. The summed E-state index contributed by atoms with van der Waals surface area (Å²) in [6.45, 7) is 2.66. The number of ether oxygens (including phenoxy) is 2. The van der Waals surface area contributed by atoms with Gasteiger partial charge in [-0.05, 0) is 43.3 Å². The Hall–Kier alpha value is -4.98. The van der Waals surface area contributed by atoms with Crippen LogP contribution in [-0.4, -0.2) is 32.7 Å². The molecule has 184 valence electrons. The van der Waals surface area contributed by atoms with Gasteiger partial charge in [0.1, 0.15) is 6.61 Å². The largest absolute Gasteiger partial charge is 0.490 e. The van der Waals surface area contributed by atoms with Crippen molar-refractivity contribution < 1.29 is 14.3 Å². The molecule has 0 saturated heterocycles. The molecule has 0 aliphatic carbocycles. The maximum Gasteiger partial charge on any atom is 0.255 e. The highest BCUT2D eigenvalue weighted by molar-refractivity contribution is 6.06. The van der Waals surface area contributed by atoms with E-state index in [1.54, 1.807) is 30.6 Å². The second-order valence-corrected chi connectivity index (χ2v) is 8.12. The Morgan fingerprint density at radius 3 is 2.57 bits per heavy atom. The van der Waals surface area contributed by atoms with Crippen LogP contribution in [0, 0.1) is 0 Å². The number of carbonyl (C=O) groups excluding carboxylic acids is 1. The van der Waals surface area contributed by atoms with Gasteiger partial charge in [0.15, 0.2) is 23.1 Å². The minimum atomic E-state index is -0.282. The molecule has 8 heteroatoms. The highest BCUT2D eigenvalue weighted by Gasteiger charge is 2.16. The number of carbonyl (C=O) groups is 1. The average molecular weight is 492 g/mol. The van der Waals surface area contributed by atoms with E-state index < -0.39 is 0 Å². The molecule has 0 atom stereocenters. The fourth-order valence-corrected chi connectivity index (χ4v) is 3.77. The van der Waals surface area contributed by atoms with Gasteiger partial charge < -0.3 is 14.8 Å². The van der Waals surface area contributed by atoms with Crippen molar-refractivity contribution in [2.24, 2.45) is 0 Å². The van der Waals surface area contributed by atoms with Gasteiger partial charge in [-0.15, -0.1) is 0 Å². The molecule has 0 aliphatic rings. The third-order valence-electron chi connectivity index (χ3n) is 5.57. The summed E-state index contributed by atoms with van der Waals surface area (Å²) in [7, 11) is 0. The van der Waals surface area contributed by atoms with Gasteiger partial charge in [0.05, 0.1) is 12.3 Å². The molecule has 0 unspecified atom stereocenters. The number of pyridine rings is 1. The van der Waals surface area contributed by atoms with Crippen molar-refractivity contribution >= 4 is 11.6 Å². The van der Waals surface area contributed by atoms with Crippen LogP contribution in [0.1, 0.15) is 22.8 Å². The number of aromatic nitrogens is 4. The van der Waals surface area contributed by atoms with Crippen molar-refractivity contribution in [3.8, 4) is 34.3 Å². The number of rotatable bonds is 9. The number of hydrogen-bond donors (Lipinski definition) is 2. The van der Waals surface area contributed by atoms with E-state index >= 15 is 0 Å². The van der Waals surface area contributed by atoms with Crippen LogP contribution in [0.5, 0.6) is 11.5 Å². The third kappa shape index (κ3) is 5.65. The Kier molecular flexibility index (Phi) is 7.17. The van der Waals surface area contributed by atoms with Crippen LogP contribution in [0.25, 0.3) is 22.8 Å². The second kappa shape index (κ2) is 11.2. The lowest BCUT2D eigenvalue weighted by molar-refractivity contribution is 0.102. The molecule has 0 radical (unpaired) electrons. The van der Waals surface area contributed by atoms with Crippen LogP contribution >= 0.6 is 0 Å². The van der Waals surface area contributed by atoms with Crippen LogP contribution in [0.4, 0.5) is 5.69 Å². The molecule has 2 heterocycles. The Labute approximate surface area is 214 Å². The Morgan fingerprint density at radius 1 is 0.919 bits per heavy atom. The lowest BCUT2D eigenvalue weighted by Gasteiger charge is -2.14. The molecular formula is C29H25N5O3. The summed E-state index contributed by atoms with van der Waals surface area (Å²) >= 11 is 0. The van der Waals surface area contributed by atoms with E-state index in [0.717, 1.165) is 16.7 Å². The van der Waals surface area contributed by atoms with Gasteiger partial charge in [-0.3, -0.25) is 14.9 Å². The third-order valence-corrected chi connectivity index (χ3v) is 5.57. The van der Waals surface area contributed by atoms with Crippen LogP contribution in [-0.2, 0) is 6.61 Å². The molecule has 0 bridgehead atoms. The number of aromatic amines is 1. The first-order chi connectivity index (χ1) is 18.2. The van der Waals surface area contributed by atoms with E-state index in [1.807, 2.05) is 73.7 Å². The van der Waals surface area contributed by atoms with Crippen molar-refractivity contribution in [3.05, 3.63) is 108 Å². The number of benzene rings is 3. The van der Waals surface area contributed by atoms with E-state index in [9.17, 15) is 4.79 Å². The molecular weight excluding hydrogens is 466 g/mol. The minimum Gasteiger partial charge on any atom is -0.490 e. The first-order valence-corrected chi connectivity index (χ1v) is 11.9. The smallest absolute Gasteiger partial charge is 0.255 e. The highest BCUT2D eigenvalue weighted by atomic mass is 16.5. The number of hydrogen-bond acceptors (Lipinski definition) is 6. The fourth-order valence-electron chi connectivity index (χ4n) is 3.77. The van der Waals surface area contributed by atoms with Gasteiger partial charge >= 0.3 is 0 Å². The molecule has 1 amide bonds. The predicted octanol–water partition coefficient (Wildman–Crippen LogP) is 5.76. The van der Waals surface area contributed by atoms with Gasteiger partial charge in [0.2, 0.25) is 0 Å². The number of amides is 1. The van der Waals surface area contributed by atoms with Gasteiger partial charge in [-0.25, -0.2) is 4.98 Å². The van der Waals surface area contributed by atoms with Crippen LogP contribution in [0.2, 0.25) is 0 Å². The van der Waals surface area contributed by atoms with Crippen LogP contribution in [0.15, 0.2) is 97.3 Å². The number of nitrogens with zero attached hydrogens (tertiary/aromatic N) is 3. The molecule has 5 aromatic rings. The second-order valence-electron chi connectivity index (χ2n) is 8.12. The van der Waals surface area contributed by atoms with Gasteiger partial charge in [0, 0.05) is 34.6 Å². The van der Waals surface area contributed by atoms with Crippen molar-refractivity contribution in [2.45, 2.75) is 13.5 Å². The lowest BCUT2D eigenvalue weighted by atomic mass is 10.1. The number of H-pyrrole nitrogens is 1. The highest BCUT2D eigenvalue weighted by Crippen LogP contribution is 2.31. The minimum absolute atomic E-state index is 0.282. The summed E-state index contributed by atoms with van der Waals surface area (Å²) in [5.74, 6) is 1.91. The summed E-state index contributed by atoms with van der Waals surface area (Å²) in [6.07, 6.45) is 3.46. The van der Waals surface area contributed by atoms with Crippen molar-refractivity contribution in [2.75, 3.05) is 11.9 Å². The first kappa shape index (κ1) is 23.7. The van der Waals surface area contributed by atoms with Crippen molar-refractivity contribution in [3.63, 3.8) is 0 Å². The first-order valence-electron chi connectivity index (χ1n) is 11.9.